The highest BCUT2D eigenvalue weighted by atomic mass is 15.3. The van der Waals surface area contributed by atoms with Crippen LogP contribution >= 0.6 is 0 Å². The number of nitrogens with zero attached hydrogens (tertiary/aromatic N) is 2. The Balaban J connectivity index is 1.88. The van der Waals surface area contributed by atoms with E-state index < -0.39 is 0 Å². The highest BCUT2D eigenvalue weighted by molar-refractivity contribution is 5.39. The molecule has 0 radical (unpaired) electrons. The number of anilines is 1. The SMILES string of the molecule is NCCn1cc(NC2CCCC2)cn1. The second-order valence-electron chi connectivity index (χ2n) is 3.91. The van der Waals surface area contributed by atoms with Gasteiger partial charge in [-0.25, -0.2) is 0 Å². The molecule has 3 N–H and O–H groups in total. The van der Waals surface area contributed by atoms with Crippen LogP contribution in [0.15, 0.2) is 12.4 Å². The molecule has 0 unspecified atom stereocenters. The van der Waals surface area contributed by atoms with Gasteiger partial charge in [0.25, 0.3) is 0 Å². The van der Waals surface area contributed by atoms with Crippen molar-refractivity contribution in [3.05, 3.63) is 12.4 Å². The van der Waals surface area contributed by atoms with Crippen LogP contribution in [0.1, 0.15) is 25.7 Å². The summed E-state index contributed by atoms with van der Waals surface area (Å²) >= 11 is 0. The number of rotatable bonds is 4. The Morgan fingerprint density at radius 2 is 2.29 bits per heavy atom. The Labute approximate surface area is 84.5 Å². The fourth-order valence-corrected chi connectivity index (χ4v) is 2.00. The Kier molecular flexibility index (Phi) is 3.03. The Morgan fingerprint density at radius 1 is 1.50 bits per heavy atom. The minimum absolute atomic E-state index is 0.643. The largest absolute Gasteiger partial charge is 0.380 e. The maximum atomic E-state index is 5.45. The number of nitrogens with one attached hydrogen (secondary N) is 1. The van der Waals surface area contributed by atoms with Crippen molar-refractivity contribution in [1.29, 1.82) is 0 Å². The summed E-state index contributed by atoms with van der Waals surface area (Å²) in [5, 5.41) is 7.72. The van der Waals surface area contributed by atoms with E-state index in [0.29, 0.717) is 12.6 Å². The van der Waals surface area contributed by atoms with E-state index in [2.05, 4.69) is 10.4 Å². The lowest BCUT2D eigenvalue weighted by molar-refractivity contribution is 0.625. The zero-order valence-corrected chi connectivity index (χ0v) is 8.45. The summed E-state index contributed by atoms with van der Waals surface area (Å²) in [6.07, 6.45) is 9.21. The van der Waals surface area contributed by atoms with Crippen LogP contribution in [-0.4, -0.2) is 22.4 Å². The molecule has 0 atom stereocenters. The van der Waals surface area contributed by atoms with Crippen molar-refractivity contribution in [1.82, 2.24) is 9.78 Å². The summed E-state index contributed by atoms with van der Waals surface area (Å²) in [5.74, 6) is 0. The van der Waals surface area contributed by atoms with Crippen LogP contribution < -0.4 is 11.1 Å². The molecule has 1 aliphatic carbocycles. The summed E-state index contributed by atoms with van der Waals surface area (Å²) in [6, 6.07) is 0.658. The molecule has 0 amide bonds. The molecule has 0 aliphatic heterocycles. The molecule has 0 saturated heterocycles. The maximum Gasteiger partial charge on any atom is 0.0728 e. The van der Waals surface area contributed by atoms with Crippen molar-refractivity contribution in [3.63, 3.8) is 0 Å². The van der Waals surface area contributed by atoms with Gasteiger partial charge in [0.15, 0.2) is 0 Å². The average Bonchev–Trinajstić information content (AvgIpc) is 2.79. The molecule has 1 heterocycles. The Hall–Kier alpha value is -1.03. The molecule has 1 aliphatic rings. The third-order valence-electron chi connectivity index (χ3n) is 2.72. The summed E-state index contributed by atoms with van der Waals surface area (Å²) < 4.78 is 1.89. The van der Waals surface area contributed by atoms with Crippen molar-refractivity contribution in [2.45, 2.75) is 38.3 Å². The normalized spacial score (nSPS) is 17.5. The molecule has 1 aromatic heterocycles. The first-order valence-electron chi connectivity index (χ1n) is 5.37. The zero-order chi connectivity index (χ0) is 9.80. The van der Waals surface area contributed by atoms with Gasteiger partial charge in [-0.05, 0) is 12.8 Å². The molecular formula is C10H18N4. The molecule has 4 heteroatoms. The molecule has 0 spiro atoms. The van der Waals surface area contributed by atoms with Gasteiger partial charge in [-0.15, -0.1) is 0 Å². The summed E-state index contributed by atoms with van der Waals surface area (Å²) in [7, 11) is 0. The minimum atomic E-state index is 0.643. The summed E-state index contributed by atoms with van der Waals surface area (Å²) in [6.45, 7) is 1.44. The van der Waals surface area contributed by atoms with E-state index in [1.165, 1.54) is 25.7 Å². The van der Waals surface area contributed by atoms with Gasteiger partial charge < -0.3 is 11.1 Å². The van der Waals surface area contributed by atoms with Crippen LogP contribution in [0.5, 0.6) is 0 Å². The molecule has 0 bridgehead atoms. The van der Waals surface area contributed by atoms with Crippen molar-refractivity contribution < 1.29 is 0 Å². The molecule has 4 nitrogen and oxygen atoms in total. The van der Waals surface area contributed by atoms with Crippen LogP contribution in [0.25, 0.3) is 0 Å². The van der Waals surface area contributed by atoms with Gasteiger partial charge in [-0.3, -0.25) is 4.68 Å². The van der Waals surface area contributed by atoms with E-state index in [1.54, 1.807) is 0 Å². The van der Waals surface area contributed by atoms with Gasteiger partial charge in [-0.2, -0.15) is 5.10 Å². The van der Waals surface area contributed by atoms with E-state index in [4.69, 9.17) is 5.73 Å². The first-order chi connectivity index (χ1) is 6.88. The highest BCUT2D eigenvalue weighted by Crippen LogP contribution is 2.21. The van der Waals surface area contributed by atoms with Crippen LogP contribution in [0.4, 0.5) is 5.69 Å². The lowest BCUT2D eigenvalue weighted by Crippen LogP contribution is -2.14. The first-order valence-corrected chi connectivity index (χ1v) is 5.37. The van der Waals surface area contributed by atoms with Crippen molar-refractivity contribution in [3.8, 4) is 0 Å². The average molecular weight is 194 g/mol. The quantitative estimate of drug-likeness (QED) is 0.757. The molecule has 14 heavy (non-hydrogen) atoms. The van der Waals surface area contributed by atoms with Gasteiger partial charge >= 0.3 is 0 Å². The van der Waals surface area contributed by atoms with Crippen LogP contribution in [0.2, 0.25) is 0 Å². The predicted octanol–water partition coefficient (Wildman–Crippen LogP) is 1.20. The number of nitrogens with two attached hydrogens (primary N) is 1. The standard InChI is InChI=1S/C10H18N4/c11-5-6-14-8-10(7-12-14)13-9-3-1-2-4-9/h7-9,13H,1-6,11H2. The Morgan fingerprint density at radius 3 is 3.00 bits per heavy atom. The molecule has 1 fully saturated rings. The van der Waals surface area contributed by atoms with Gasteiger partial charge in [0.2, 0.25) is 0 Å². The summed E-state index contributed by atoms with van der Waals surface area (Å²) in [5.41, 5.74) is 6.58. The topological polar surface area (TPSA) is 55.9 Å². The molecule has 0 aromatic carbocycles. The number of hydrogen-bond acceptors (Lipinski definition) is 3. The fraction of sp³-hybridized carbons (Fsp3) is 0.700. The smallest absolute Gasteiger partial charge is 0.0728 e. The molecule has 1 aromatic rings. The van der Waals surface area contributed by atoms with Crippen molar-refractivity contribution in [2.75, 3.05) is 11.9 Å². The highest BCUT2D eigenvalue weighted by Gasteiger charge is 2.14. The van der Waals surface area contributed by atoms with E-state index in [0.717, 1.165) is 12.2 Å². The zero-order valence-electron chi connectivity index (χ0n) is 8.45. The third kappa shape index (κ3) is 2.26. The molecule has 78 valence electrons. The van der Waals surface area contributed by atoms with E-state index in [-0.39, 0.29) is 0 Å². The Bertz CT molecular complexity index is 275. The predicted molar refractivity (Wildman–Crippen MR) is 57.2 cm³/mol. The van der Waals surface area contributed by atoms with E-state index in [1.807, 2.05) is 17.1 Å². The lowest BCUT2D eigenvalue weighted by atomic mass is 10.2. The molecular weight excluding hydrogens is 176 g/mol. The minimum Gasteiger partial charge on any atom is -0.380 e. The first kappa shape index (κ1) is 9.52. The van der Waals surface area contributed by atoms with E-state index >= 15 is 0 Å². The van der Waals surface area contributed by atoms with Crippen LogP contribution in [0, 0.1) is 0 Å². The van der Waals surface area contributed by atoms with Gasteiger partial charge in [0, 0.05) is 18.8 Å². The second kappa shape index (κ2) is 4.46. The van der Waals surface area contributed by atoms with Gasteiger partial charge in [-0.1, -0.05) is 12.8 Å². The number of hydrogen-bond donors (Lipinski definition) is 2. The second-order valence-corrected chi connectivity index (χ2v) is 3.91. The van der Waals surface area contributed by atoms with Crippen LogP contribution in [-0.2, 0) is 6.54 Å². The lowest BCUT2D eigenvalue weighted by Gasteiger charge is -2.10. The van der Waals surface area contributed by atoms with Gasteiger partial charge in [0.1, 0.15) is 0 Å². The van der Waals surface area contributed by atoms with E-state index in [9.17, 15) is 0 Å². The maximum absolute atomic E-state index is 5.45. The monoisotopic (exact) mass is 194 g/mol. The number of aromatic nitrogens is 2. The van der Waals surface area contributed by atoms with Crippen LogP contribution in [0.3, 0.4) is 0 Å². The van der Waals surface area contributed by atoms with Gasteiger partial charge in [0.05, 0.1) is 18.4 Å². The summed E-state index contributed by atoms with van der Waals surface area (Å²) in [4.78, 5) is 0. The van der Waals surface area contributed by atoms with Crippen molar-refractivity contribution >= 4 is 5.69 Å². The fourth-order valence-electron chi connectivity index (χ4n) is 2.00. The molecule has 1 saturated carbocycles. The molecule has 2 rings (SSSR count). The van der Waals surface area contributed by atoms with Crippen molar-refractivity contribution in [2.24, 2.45) is 5.73 Å². The third-order valence-corrected chi connectivity index (χ3v) is 2.72.